The number of nitrogen functional groups attached to an aromatic ring is 1. The first-order chi connectivity index (χ1) is 12.0. The third-order valence-corrected chi connectivity index (χ3v) is 4.39. The van der Waals surface area contributed by atoms with Gasteiger partial charge in [0.2, 0.25) is 11.9 Å². The monoisotopic (exact) mass is 360 g/mol. The summed E-state index contributed by atoms with van der Waals surface area (Å²) >= 11 is 1.47. The van der Waals surface area contributed by atoms with Crippen LogP contribution in [0.2, 0.25) is 0 Å². The van der Waals surface area contributed by atoms with Crippen molar-refractivity contribution in [1.29, 1.82) is 0 Å². The van der Waals surface area contributed by atoms with E-state index >= 15 is 0 Å². The molecule has 2 aromatic heterocycles. The largest absolute Gasteiger partial charge is 0.368 e. The Hall–Kier alpha value is -2.75. The van der Waals surface area contributed by atoms with Crippen LogP contribution in [0.5, 0.6) is 0 Å². The molecule has 3 aromatic rings. The van der Waals surface area contributed by atoms with Gasteiger partial charge in [-0.3, -0.25) is 0 Å². The molecule has 0 bridgehead atoms. The smallest absolute Gasteiger partial charge is 0.232 e. The maximum absolute atomic E-state index is 13.0. The Balaban J connectivity index is 1.72. The number of hydrogen-bond acceptors (Lipinski definition) is 8. The lowest BCUT2D eigenvalue weighted by Gasteiger charge is -2.07. The summed E-state index contributed by atoms with van der Waals surface area (Å²) < 4.78 is 14.9. The van der Waals surface area contributed by atoms with Gasteiger partial charge in [-0.1, -0.05) is 18.7 Å². The van der Waals surface area contributed by atoms with Gasteiger partial charge in [0.05, 0.1) is 5.75 Å². The molecule has 0 radical (unpaired) electrons. The van der Waals surface area contributed by atoms with Gasteiger partial charge in [-0.2, -0.15) is 15.0 Å². The molecule has 0 amide bonds. The highest BCUT2D eigenvalue weighted by Crippen LogP contribution is 2.21. The topological polar surface area (TPSA) is 107 Å². The van der Waals surface area contributed by atoms with E-state index in [1.165, 1.54) is 23.9 Å². The van der Waals surface area contributed by atoms with Crippen LogP contribution in [0, 0.1) is 5.82 Å². The SMILES string of the molecule is CCc1nnc(SCc2nc(N)nc(Nc3ccc(F)cc3)n2)n1C. The molecule has 0 saturated heterocycles. The summed E-state index contributed by atoms with van der Waals surface area (Å²) in [6, 6.07) is 5.89. The van der Waals surface area contributed by atoms with Crippen molar-refractivity contribution in [3.8, 4) is 0 Å². The number of benzene rings is 1. The number of hydrogen-bond donors (Lipinski definition) is 2. The maximum atomic E-state index is 13.0. The van der Waals surface area contributed by atoms with Crippen LogP contribution < -0.4 is 11.1 Å². The van der Waals surface area contributed by atoms with Gasteiger partial charge in [0.25, 0.3) is 0 Å². The molecule has 0 saturated carbocycles. The average molecular weight is 360 g/mol. The first-order valence-corrected chi connectivity index (χ1v) is 8.57. The lowest BCUT2D eigenvalue weighted by Crippen LogP contribution is -2.07. The Bertz CT molecular complexity index is 864. The molecule has 0 aliphatic heterocycles. The van der Waals surface area contributed by atoms with Gasteiger partial charge in [0, 0.05) is 19.2 Å². The minimum absolute atomic E-state index is 0.113. The fraction of sp³-hybridized carbons (Fsp3) is 0.267. The molecule has 0 atom stereocenters. The lowest BCUT2D eigenvalue weighted by atomic mass is 10.3. The molecule has 1 aromatic carbocycles. The van der Waals surface area contributed by atoms with E-state index in [2.05, 4.69) is 30.5 Å². The molecule has 8 nitrogen and oxygen atoms in total. The number of aryl methyl sites for hydroxylation is 1. The van der Waals surface area contributed by atoms with Gasteiger partial charge in [0.15, 0.2) is 5.16 Å². The fourth-order valence-electron chi connectivity index (χ4n) is 2.13. The van der Waals surface area contributed by atoms with Crippen molar-refractivity contribution in [2.45, 2.75) is 24.3 Å². The van der Waals surface area contributed by atoms with Crippen molar-refractivity contribution in [1.82, 2.24) is 29.7 Å². The van der Waals surface area contributed by atoms with Gasteiger partial charge >= 0.3 is 0 Å². The number of nitrogens with one attached hydrogen (secondary N) is 1. The zero-order valence-electron chi connectivity index (χ0n) is 13.8. The summed E-state index contributed by atoms with van der Waals surface area (Å²) in [4.78, 5) is 12.5. The van der Waals surface area contributed by atoms with Crippen LogP contribution in [-0.4, -0.2) is 29.7 Å². The number of aromatic nitrogens is 6. The van der Waals surface area contributed by atoms with E-state index in [4.69, 9.17) is 5.73 Å². The average Bonchev–Trinajstić information content (AvgIpc) is 2.94. The second-order valence-corrected chi connectivity index (χ2v) is 6.11. The van der Waals surface area contributed by atoms with Gasteiger partial charge in [-0.15, -0.1) is 10.2 Å². The molecule has 0 aliphatic carbocycles. The normalized spacial score (nSPS) is 10.8. The third kappa shape index (κ3) is 4.21. The summed E-state index contributed by atoms with van der Waals surface area (Å²) in [6.07, 6.45) is 0.814. The molecule has 130 valence electrons. The molecule has 10 heteroatoms. The van der Waals surface area contributed by atoms with Crippen molar-refractivity contribution in [2.24, 2.45) is 7.05 Å². The minimum atomic E-state index is -0.312. The minimum Gasteiger partial charge on any atom is -0.368 e. The van der Waals surface area contributed by atoms with E-state index in [0.717, 1.165) is 17.4 Å². The van der Waals surface area contributed by atoms with E-state index in [9.17, 15) is 4.39 Å². The zero-order valence-corrected chi connectivity index (χ0v) is 14.6. The van der Waals surface area contributed by atoms with Crippen molar-refractivity contribution in [2.75, 3.05) is 11.1 Å². The Morgan fingerprint density at radius 3 is 2.60 bits per heavy atom. The van der Waals surface area contributed by atoms with E-state index in [-0.39, 0.29) is 11.8 Å². The van der Waals surface area contributed by atoms with Crippen LogP contribution in [0.3, 0.4) is 0 Å². The van der Waals surface area contributed by atoms with Crippen LogP contribution >= 0.6 is 11.8 Å². The van der Waals surface area contributed by atoms with Crippen molar-refractivity contribution < 1.29 is 4.39 Å². The zero-order chi connectivity index (χ0) is 17.8. The van der Waals surface area contributed by atoms with Crippen LogP contribution in [-0.2, 0) is 19.2 Å². The number of halogens is 1. The molecular weight excluding hydrogens is 343 g/mol. The van der Waals surface area contributed by atoms with E-state index in [1.54, 1.807) is 12.1 Å². The van der Waals surface area contributed by atoms with Crippen molar-refractivity contribution in [3.63, 3.8) is 0 Å². The summed E-state index contributed by atoms with van der Waals surface area (Å²) in [5.74, 6) is 2.01. The first kappa shape index (κ1) is 17.1. The summed E-state index contributed by atoms with van der Waals surface area (Å²) in [5, 5.41) is 12.0. The van der Waals surface area contributed by atoms with Crippen molar-refractivity contribution >= 4 is 29.3 Å². The molecule has 3 rings (SSSR count). The highest BCUT2D eigenvalue weighted by Gasteiger charge is 2.10. The van der Waals surface area contributed by atoms with Crippen molar-refractivity contribution in [3.05, 3.63) is 41.7 Å². The molecule has 3 N–H and O–H groups in total. The molecule has 0 unspecified atom stereocenters. The Kier molecular flexibility index (Phi) is 5.08. The number of rotatable bonds is 6. The summed E-state index contributed by atoms with van der Waals surface area (Å²) in [7, 11) is 1.92. The van der Waals surface area contributed by atoms with Crippen LogP contribution in [0.4, 0.5) is 22.0 Å². The number of anilines is 3. The predicted molar refractivity (Wildman–Crippen MR) is 93.9 cm³/mol. The lowest BCUT2D eigenvalue weighted by molar-refractivity contribution is 0.628. The molecular formula is C15H17FN8S. The molecule has 0 spiro atoms. The van der Waals surface area contributed by atoms with Gasteiger partial charge in [0.1, 0.15) is 17.5 Å². The molecule has 0 fully saturated rings. The fourth-order valence-corrected chi connectivity index (χ4v) is 2.91. The third-order valence-electron chi connectivity index (χ3n) is 3.37. The van der Waals surface area contributed by atoms with Crippen LogP contribution in [0.15, 0.2) is 29.4 Å². The van der Waals surface area contributed by atoms with E-state index < -0.39 is 0 Å². The van der Waals surface area contributed by atoms with Gasteiger partial charge in [-0.05, 0) is 24.3 Å². The first-order valence-electron chi connectivity index (χ1n) is 7.59. The quantitative estimate of drug-likeness (QED) is 0.645. The number of thioether (sulfide) groups is 1. The Labute approximate surface area is 148 Å². The van der Waals surface area contributed by atoms with E-state index in [0.29, 0.717) is 23.2 Å². The van der Waals surface area contributed by atoms with Crippen LogP contribution in [0.25, 0.3) is 0 Å². The predicted octanol–water partition coefficient (Wildman–Crippen LogP) is 2.32. The Morgan fingerprint density at radius 1 is 1.16 bits per heavy atom. The summed E-state index contributed by atoms with van der Waals surface area (Å²) in [5.41, 5.74) is 6.42. The second-order valence-electron chi connectivity index (χ2n) is 5.17. The highest BCUT2D eigenvalue weighted by molar-refractivity contribution is 7.98. The van der Waals surface area contributed by atoms with Crippen LogP contribution in [0.1, 0.15) is 18.6 Å². The highest BCUT2D eigenvalue weighted by atomic mass is 32.2. The molecule has 0 aliphatic rings. The number of nitrogens with zero attached hydrogens (tertiary/aromatic N) is 6. The summed E-state index contributed by atoms with van der Waals surface area (Å²) in [6.45, 7) is 2.03. The molecule has 2 heterocycles. The second kappa shape index (κ2) is 7.43. The maximum Gasteiger partial charge on any atom is 0.232 e. The Morgan fingerprint density at radius 2 is 1.92 bits per heavy atom. The van der Waals surface area contributed by atoms with E-state index in [1.807, 2.05) is 18.5 Å². The van der Waals surface area contributed by atoms with Gasteiger partial charge in [-0.25, -0.2) is 4.39 Å². The van der Waals surface area contributed by atoms with Gasteiger partial charge < -0.3 is 15.6 Å². The molecule has 25 heavy (non-hydrogen) atoms. The number of nitrogens with two attached hydrogens (primary N) is 1. The standard InChI is InChI=1S/C15H17FN8S/c1-3-12-22-23-15(24(12)2)25-8-11-19-13(17)21-14(20-11)18-10-6-4-9(16)5-7-10/h4-7H,3,8H2,1-2H3,(H3,17,18,19,20,21).